The van der Waals surface area contributed by atoms with Gasteiger partial charge in [-0.05, 0) is 54.6 Å². The fraction of sp³-hybridized carbons (Fsp3) is 0.111. The third kappa shape index (κ3) is 3.95. The lowest BCUT2D eigenvalue weighted by Gasteiger charge is -2.06. The van der Waals surface area contributed by atoms with Crippen molar-refractivity contribution in [2.45, 2.75) is 6.92 Å². The van der Waals surface area contributed by atoms with Gasteiger partial charge in [-0.1, -0.05) is 18.2 Å². The Morgan fingerprint density at radius 1 is 1.20 bits per heavy atom. The molecule has 0 radical (unpaired) electrons. The van der Waals surface area contributed by atoms with Crippen molar-refractivity contribution in [3.63, 3.8) is 0 Å². The molecular weight excluding hydrogens is 340 g/mol. The Bertz CT molecular complexity index is 877. The highest BCUT2D eigenvalue weighted by Crippen LogP contribution is 2.33. The van der Waals surface area contributed by atoms with Crippen molar-refractivity contribution in [2.24, 2.45) is 4.99 Å². The number of nitrogens with one attached hydrogen (secondary N) is 1. The van der Waals surface area contributed by atoms with Gasteiger partial charge in [0.25, 0.3) is 5.91 Å². The van der Waals surface area contributed by atoms with Crippen LogP contribution in [-0.4, -0.2) is 27.9 Å². The van der Waals surface area contributed by atoms with Crippen LogP contribution in [0.25, 0.3) is 6.08 Å². The third-order valence-corrected chi connectivity index (χ3v) is 4.25. The number of rotatable bonds is 4. The van der Waals surface area contributed by atoms with Crippen LogP contribution >= 0.6 is 11.8 Å². The Morgan fingerprint density at radius 3 is 2.76 bits per heavy atom. The van der Waals surface area contributed by atoms with Gasteiger partial charge in [0.1, 0.15) is 11.4 Å². The quantitative estimate of drug-likeness (QED) is 0.577. The van der Waals surface area contributed by atoms with E-state index in [1.165, 1.54) is 23.9 Å². The Labute approximate surface area is 148 Å². The van der Waals surface area contributed by atoms with Gasteiger partial charge in [-0.25, -0.2) is 4.99 Å². The molecule has 128 valence electrons. The molecule has 0 spiro atoms. The van der Waals surface area contributed by atoms with Gasteiger partial charge < -0.3 is 20.3 Å². The molecule has 2 aromatic carbocycles. The van der Waals surface area contributed by atoms with Crippen LogP contribution in [0.5, 0.6) is 17.2 Å². The summed E-state index contributed by atoms with van der Waals surface area (Å²) < 4.78 is 5.53. The number of benzene rings is 2. The van der Waals surface area contributed by atoms with Crippen LogP contribution in [0.1, 0.15) is 12.5 Å². The van der Waals surface area contributed by atoms with E-state index in [0.29, 0.717) is 33.7 Å². The Kier molecular flexibility index (Phi) is 4.95. The minimum Gasteiger partial charge on any atom is -0.504 e. The van der Waals surface area contributed by atoms with E-state index in [1.807, 2.05) is 31.2 Å². The highest BCUT2D eigenvalue weighted by atomic mass is 32.2. The number of aromatic hydroxyl groups is 2. The third-order valence-electron chi connectivity index (χ3n) is 3.34. The minimum atomic E-state index is -0.273. The molecule has 1 amide bonds. The first-order valence-electron chi connectivity index (χ1n) is 7.60. The summed E-state index contributed by atoms with van der Waals surface area (Å²) in [6.07, 6.45) is 1.62. The van der Waals surface area contributed by atoms with Crippen LogP contribution in [0.4, 0.5) is 5.69 Å². The van der Waals surface area contributed by atoms with Gasteiger partial charge in [-0.3, -0.25) is 4.79 Å². The molecular formula is C18H16N2O4S. The lowest BCUT2D eigenvalue weighted by Crippen LogP contribution is -2.19. The SMILES string of the molecule is CCOc1ccccc1N=C1NC(=O)/C(=C/c2ccc(O)c(O)c2)S1. The fourth-order valence-electron chi connectivity index (χ4n) is 2.20. The number of nitrogens with zero attached hydrogens (tertiary/aromatic N) is 1. The van der Waals surface area contributed by atoms with Gasteiger partial charge in [0.05, 0.1) is 11.5 Å². The van der Waals surface area contributed by atoms with E-state index in [9.17, 15) is 15.0 Å². The molecule has 1 aliphatic heterocycles. The smallest absolute Gasteiger partial charge is 0.264 e. The molecule has 1 saturated heterocycles. The maximum atomic E-state index is 12.1. The van der Waals surface area contributed by atoms with E-state index in [2.05, 4.69) is 10.3 Å². The molecule has 3 N–H and O–H groups in total. The van der Waals surface area contributed by atoms with E-state index in [0.717, 1.165) is 0 Å². The second kappa shape index (κ2) is 7.31. The molecule has 1 fully saturated rings. The second-order valence-corrected chi connectivity index (χ2v) is 6.16. The first kappa shape index (κ1) is 16.9. The van der Waals surface area contributed by atoms with Crippen LogP contribution < -0.4 is 10.1 Å². The molecule has 0 bridgehead atoms. The zero-order valence-electron chi connectivity index (χ0n) is 13.4. The number of carbonyl (C=O) groups excluding carboxylic acids is 1. The lowest BCUT2D eigenvalue weighted by atomic mass is 10.2. The zero-order valence-corrected chi connectivity index (χ0v) is 14.2. The number of amidine groups is 1. The summed E-state index contributed by atoms with van der Waals surface area (Å²) in [5.41, 5.74) is 1.24. The predicted molar refractivity (Wildman–Crippen MR) is 98.2 cm³/mol. The summed E-state index contributed by atoms with van der Waals surface area (Å²) in [6, 6.07) is 11.7. The summed E-state index contributed by atoms with van der Waals surface area (Å²) in [4.78, 5) is 17.0. The molecule has 6 nitrogen and oxygen atoms in total. The van der Waals surface area contributed by atoms with E-state index in [1.54, 1.807) is 12.1 Å². The number of phenols is 2. The largest absolute Gasteiger partial charge is 0.504 e. The fourth-order valence-corrected chi connectivity index (χ4v) is 3.03. The maximum Gasteiger partial charge on any atom is 0.264 e. The molecule has 0 atom stereocenters. The Hall–Kier alpha value is -2.93. The molecule has 3 rings (SSSR count). The van der Waals surface area contributed by atoms with E-state index in [-0.39, 0.29) is 17.4 Å². The maximum absolute atomic E-state index is 12.1. The van der Waals surface area contributed by atoms with Gasteiger partial charge in [-0.15, -0.1) is 0 Å². The highest BCUT2D eigenvalue weighted by Gasteiger charge is 2.24. The van der Waals surface area contributed by atoms with Crippen LogP contribution in [0.15, 0.2) is 52.4 Å². The Balaban J connectivity index is 1.85. The standard InChI is InChI=1S/C18H16N2O4S/c1-2-24-15-6-4-3-5-12(15)19-18-20-17(23)16(25-18)10-11-7-8-13(21)14(22)9-11/h3-10,21-22H,2H2,1H3,(H,19,20,23)/b16-10-. The summed E-state index contributed by atoms with van der Waals surface area (Å²) in [5.74, 6) is -0.0730. The van der Waals surface area contributed by atoms with Crippen LogP contribution in [0.2, 0.25) is 0 Å². The number of thioether (sulfide) groups is 1. The number of hydrogen-bond acceptors (Lipinski definition) is 6. The molecule has 0 unspecified atom stereocenters. The van der Waals surface area contributed by atoms with Crippen molar-refractivity contribution in [1.29, 1.82) is 0 Å². The zero-order chi connectivity index (χ0) is 17.8. The molecule has 2 aromatic rings. The summed E-state index contributed by atoms with van der Waals surface area (Å²) >= 11 is 1.20. The number of para-hydroxylation sites is 2. The molecule has 25 heavy (non-hydrogen) atoms. The summed E-state index contributed by atoms with van der Waals surface area (Å²) in [6.45, 7) is 2.42. The number of ether oxygens (including phenoxy) is 1. The molecule has 0 aromatic heterocycles. The van der Waals surface area contributed by atoms with Crippen molar-refractivity contribution < 1.29 is 19.7 Å². The number of aliphatic imine (C=N–C) groups is 1. The van der Waals surface area contributed by atoms with E-state index in [4.69, 9.17) is 4.74 Å². The van der Waals surface area contributed by atoms with Crippen LogP contribution in [0, 0.1) is 0 Å². The number of hydrogen-bond donors (Lipinski definition) is 3. The Morgan fingerprint density at radius 2 is 2.00 bits per heavy atom. The van der Waals surface area contributed by atoms with Crippen molar-refractivity contribution in [3.05, 3.63) is 52.9 Å². The van der Waals surface area contributed by atoms with Crippen molar-refractivity contribution in [3.8, 4) is 17.2 Å². The summed E-state index contributed by atoms with van der Waals surface area (Å²) in [7, 11) is 0. The van der Waals surface area contributed by atoms with Crippen molar-refractivity contribution in [2.75, 3.05) is 6.61 Å². The van der Waals surface area contributed by atoms with Crippen LogP contribution in [0.3, 0.4) is 0 Å². The first-order valence-corrected chi connectivity index (χ1v) is 8.42. The topological polar surface area (TPSA) is 91.2 Å². The normalized spacial score (nSPS) is 17.1. The van der Waals surface area contributed by atoms with Gasteiger partial charge >= 0.3 is 0 Å². The van der Waals surface area contributed by atoms with Gasteiger partial charge in [-0.2, -0.15) is 0 Å². The number of carbonyl (C=O) groups is 1. The second-order valence-electron chi connectivity index (χ2n) is 5.13. The van der Waals surface area contributed by atoms with E-state index < -0.39 is 0 Å². The first-order chi connectivity index (χ1) is 12.1. The van der Waals surface area contributed by atoms with Gasteiger partial charge in [0.15, 0.2) is 16.7 Å². The van der Waals surface area contributed by atoms with Crippen LogP contribution in [-0.2, 0) is 4.79 Å². The average molecular weight is 356 g/mol. The van der Waals surface area contributed by atoms with Gasteiger partial charge in [0.2, 0.25) is 0 Å². The molecule has 1 aliphatic rings. The van der Waals surface area contributed by atoms with Crippen molar-refractivity contribution in [1.82, 2.24) is 5.32 Å². The monoisotopic (exact) mass is 356 g/mol. The predicted octanol–water partition coefficient (Wildman–Crippen LogP) is 3.39. The number of phenolic OH excluding ortho intramolecular Hbond substituents is 2. The van der Waals surface area contributed by atoms with Crippen molar-refractivity contribution >= 4 is 34.6 Å². The van der Waals surface area contributed by atoms with E-state index >= 15 is 0 Å². The molecule has 7 heteroatoms. The lowest BCUT2D eigenvalue weighted by molar-refractivity contribution is -0.115. The average Bonchev–Trinajstić information content (AvgIpc) is 2.92. The van der Waals surface area contributed by atoms with Gasteiger partial charge in [0, 0.05) is 0 Å². The minimum absolute atomic E-state index is 0.208. The molecule has 1 heterocycles. The molecule has 0 saturated carbocycles. The molecule has 0 aliphatic carbocycles. The number of amides is 1. The highest BCUT2D eigenvalue weighted by molar-refractivity contribution is 8.18. The summed E-state index contributed by atoms with van der Waals surface area (Å²) in [5, 5.41) is 22.0.